The Morgan fingerprint density at radius 3 is 2.79 bits per heavy atom. The van der Waals surface area contributed by atoms with E-state index in [4.69, 9.17) is 17.3 Å². The van der Waals surface area contributed by atoms with Crippen LogP contribution < -0.4 is 11.1 Å². The van der Waals surface area contributed by atoms with Crippen molar-refractivity contribution in [3.8, 4) is 11.3 Å². The monoisotopic (exact) mass is 399 g/mol. The van der Waals surface area contributed by atoms with Crippen molar-refractivity contribution in [2.75, 3.05) is 11.1 Å². The third-order valence-electron chi connectivity index (χ3n) is 4.13. The first-order chi connectivity index (χ1) is 13.4. The number of fused-ring (bicyclic) bond motifs is 1. The van der Waals surface area contributed by atoms with Crippen LogP contribution in [0.1, 0.15) is 10.4 Å². The van der Waals surface area contributed by atoms with Crippen molar-refractivity contribution in [2.24, 2.45) is 0 Å². The second-order valence-corrected chi connectivity index (χ2v) is 6.42. The van der Waals surface area contributed by atoms with E-state index in [9.17, 15) is 13.6 Å². The minimum Gasteiger partial charge on any atom is -0.396 e. The number of H-pyrrole nitrogens is 1. The van der Waals surface area contributed by atoms with E-state index in [0.29, 0.717) is 21.7 Å². The largest absolute Gasteiger partial charge is 0.396 e. The molecule has 2 aromatic heterocycles. The van der Waals surface area contributed by atoms with Gasteiger partial charge >= 0.3 is 0 Å². The summed E-state index contributed by atoms with van der Waals surface area (Å²) in [5.74, 6) is -3.10. The SMILES string of the molecule is Nc1ccc(F)c(C(=O)Nc2cnc3n[nH]c(-c4cccc(Cl)c4)c3c2)c1F. The number of nitrogen functional groups attached to an aromatic ring is 1. The van der Waals surface area contributed by atoms with Crippen LogP contribution in [-0.4, -0.2) is 21.1 Å². The van der Waals surface area contributed by atoms with Gasteiger partial charge in [0.25, 0.3) is 5.91 Å². The van der Waals surface area contributed by atoms with Gasteiger partial charge in [0, 0.05) is 16.0 Å². The van der Waals surface area contributed by atoms with Crippen LogP contribution in [0.25, 0.3) is 22.3 Å². The number of carbonyl (C=O) groups excluding carboxylic acids is 1. The third kappa shape index (κ3) is 3.14. The topological polar surface area (TPSA) is 96.7 Å². The van der Waals surface area contributed by atoms with Crippen molar-refractivity contribution in [1.29, 1.82) is 0 Å². The molecule has 1 amide bonds. The predicted molar refractivity (Wildman–Crippen MR) is 103 cm³/mol. The molecule has 2 heterocycles. The summed E-state index contributed by atoms with van der Waals surface area (Å²) in [5.41, 5.74) is 6.40. The molecular formula is C19H12ClF2N5O. The van der Waals surface area contributed by atoms with E-state index in [-0.39, 0.29) is 11.4 Å². The molecule has 0 bridgehead atoms. The second kappa shape index (κ2) is 6.90. The van der Waals surface area contributed by atoms with Crippen molar-refractivity contribution in [3.05, 3.63) is 70.9 Å². The van der Waals surface area contributed by atoms with Crippen LogP contribution in [0.5, 0.6) is 0 Å². The van der Waals surface area contributed by atoms with Gasteiger partial charge in [-0.15, -0.1) is 0 Å². The Bertz CT molecular complexity index is 1220. The molecule has 0 aliphatic heterocycles. The summed E-state index contributed by atoms with van der Waals surface area (Å²) in [4.78, 5) is 16.5. The Balaban J connectivity index is 1.72. The number of hydrogen-bond donors (Lipinski definition) is 3. The predicted octanol–water partition coefficient (Wildman–Crippen LogP) is 4.39. The number of aromatic amines is 1. The Morgan fingerprint density at radius 2 is 2.00 bits per heavy atom. The highest BCUT2D eigenvalue weighted by atomic mass is 35.5. The number of nitrogens with two attached hydrogens (primary N) is 1. The number of halogens is 3. The zero-order valence-corrected chi connectivity index (χ0v) is 14.9. The number of anilines is 2. The van der Waals surface area contributed by atoms with Crippen molar-refractivity contribution in [2.45, 2.75) is 0 Å². The number of benzene rings is 2. The first-order valence-electron chi connectivity index (χ1n) is 8.09. The standard InChI is InChI=1S/C19H12ClF2N5O/c20-10-3-1-2-9(6-10)17-12-7-11(8-24-18(12)27-26-17)25-19(28)15-13(21)4-5-14(23)16(15)22/h1-8H,23H2,(H,25,28)(H,24,26,27). The van der Waals surface area contributed by atoms with Gasteiger partial charge in [-0.1, -0.05) is 23.7 Å². The van der Waals surface area contributed by atoms with Gasteiger partial charge in [-0.05, 0) is 30.3 Å². The molecule has 6 nitrogen and oxygen atoms in total. The highest BCUT2D eigenvalue weighted by Gasteiger charge is 2.20. The van der Waals surface area contributed by atoms with Crippen molar-refractivity contribution in [1.82, 2.24) is 15.2 Å². The van der Waals surface area contributed by atoms with Crippen LogP contribution in [-0.2, 0) is 0 Å². The first-order valence-corrected chi connectivity index (χ1v) is 8.46. The van der Waals surface area contributed by atoms with E-state index in [1.807, 2.05) is 6.07 Å². The minimum atomic E-state index is -1.12. The quantitative estimate of drug-likeness (QED) is 0.445. The molecule has 9 heteroatoms. The van der Waals surface area contributed by atoms with Gasteiger partial charge in [0.15, 0.2) is 11.5 Å². The van der Waals surface area contributed by atoms with Crippen molar-refractivity contribution in [3.63, 3.8) is 0 Å². The summed E-state index contributed by atoms with van der Waals surface area (Å²) in [6.45, 7) is 0. The normalized spacial score (nSPS) is 11.0. The number of pyridine rings is 1. The molecule has 0 saturated heterocycles. The lowest BCUT2D eigenvalue weighted by Crippen LogP contribution is -2.17. The molecule has 0 spiro atoms. The Kier molecular flexibility index (Phi) is 4.40. The number of carbonyl (C=O) groups is 1. The average Bonchev–Trinajstić information content (AvgIpc) is 3.08. The molecular weight excluding hydrogens is 388 g/mol. The van der Waals surface area contributed by atoms with Crippen molar-refractivity contribution >= 4 is 39.9 Å². The van der Waals surface area contributed by atoms with Crippen LogP contribution >= 0.6 is 11.6 Å². The van der Waals surface area contributed by atoms with Crippen LogP contribution in [0.3, 0.4) is 0 Å². The lowest BCUT2D eigenvalue weighted by molar-refractivity contribution is 0.101. The third-order valence-corrected chi connectivity index (χ3v) is 4.36. The van der Waals surface area contributed by atoms with Gasteiger partial charge in [0.2, 0.25) is 0 Å². The van der Waals surface area contributed by atoms with Gasteiger partial charge in [-0.25, -0.2) is 13.8 Å². The minimum absolute atomic E-state index is 0.239. The zero-order valence-electron chi connectivity index (χ0n) is 14.1. The molecule has 0 atom stereocenters. The van der Waals surface area contributed by atoms with Gasteiger partial charge in [0.1, 0.15) is 11.4 Å². The molecule has 0 fully saturated rings. The maximum Gasteiger partial charge on any atom is 0.261 e. The highest BCUT2D eigenvalue weighted by Crippen LogP contribution is 2.29. The summed E-state index contributed by atoms with van der Waals surface area (Å²) >= 11 is 6.04. The van der Waals surface area contributed by atoms with Crippen LogP contribution in [0, 0.1) is 11.6 Å². The van der Waals surface area contributed by atoms with E-state index in [1.54, 1.807) is 24.3 Å². The fourth-order valence-electron chi connectivity index (χ4n) is 2.80. The van der Waals surface area contributed by atoms with E-state index in [2.05, 4.69) is 20.5 Å². The number of hydrogen-bond acceptors (Lipinski definition) is 4. The molecule has 4 N–H and O–H groups in total. The Labute approximate surface area is 162 Å². The van der Waals surface area contributed by atoms with Crippen molar-refractivity contribution < 1.29 is 13.6 Å². The molecule has 4 aromatic rings. The van der Waals surface area contributed by atoms with Crippen LogP contribution in [0.15, 0.2) is 48.7 Å². The van der Waals surface area contributed by atoms with Crippen LogP contribution in [0.2, 0.25) is 5.02 Å². The summed E-state index contributed by atoms with van der Waals surface area (Å²) in [6.07, 6.45) is 1.34. The molecule has 4 rings (SSSR count). The van der Waals surface area contributed by atoms with Gasteiger partial charge in [0.05, 0.1) is 23.3 Å². The van der Waals surface area contributed by atoms with E-state index < -0.39 is 23.1 Å². The average molecular weight is 400 g/mol. The van der Waals surface area contributed by atoms with Crippen LogP contribution in [0.4, 0.5) is 20.2 Å². The first kappa shape index (κ1) is 17.9. The smallest absolute Gasteiger partial charge is 0.261 e. The van der Waals surface area contributed by atoms with Gasteiger partial charge in [-0.3, -0.25) is 9.89 Å². The van der Waals surface area contributed by atoms with E-state index in [1.165, 1.54) is 6.20 Å². The maximum atomic E-state index is 14.1. The molecule has 0 saturated carbocycles. The summed E-state index contributed by atoms with van der Waals surface area (Å²) in [7, 11) is 0. The fourth-order valence-corrected chi connectivity index (χ4v) is 2.99. The zero-order chi connectivity index (χ0) is 19.8. The maximum absolute atomic E-state index is 14.1. The highest BCUT2D eigenvalue weighted by molar-refractivity contribution is 6.30. The Morgan fingerprint density at radius 1 is 1.18 bits per heavy atom. The Hall–Kier alpha value is -3.52. The molecule has 28 heavy (non-hydrogen) atoms. The van der Waals surface area contributed by atoms with E-state index in [0.717, 1.165) is 17.7 Å². The molecule has 2 aromatic carbocycles. The number of nitrogens with zero attached hydrogens (tertiary/aromatic N) is 2. The number of amides is 1. The number of aromatic nitrogens is 3. The molecule has 0 unspecified atom stereocenters. The molecule has 0 aliphatic rings. The number of nitrogens with one attached hydrogen (secondary N) is 2. The van der Waals surface area contributed by atoms with E-state index >= 15 is 0 Å². The lowest BCUT2D eigenvalue weighted by Gasteiger charge is -2.08. The van der Waals surface area contributed by atoms with Gasteiger partial charge < -0.3 is 11.1 Å². The molecule has 0 radical (unpaired) electrons. The second-order valence-electron chi connectivity index (χ2n) is 5.98. The summed E-state index contributed by atoms with van der Waals surface area (Å²) in [5, 5.41) is 10.6. The fraction of sp³-hybridized carbons (Fsp3) is 0. The summed E-state index contributed by atoms with van der Waals surface area (Å²) in [6, 6.07) is 10.7. The lowest BCUT2D eigenvalue weighted by atomic mass is 10.1. The summed E-state index contributed by atoms with van der Waals surface area (Å²) < 4.78 is 28.0. The molecule has 0 aliphatic carbocycles. The van der Waals surface area contributed by atoms with Gasteiger partial charge in [-0.2, -0.15) is 5.10 Å². The molecule has 140 valence electrons. The number of rotatable bonds is 3.